The first-order valence-electron chi connectivity index (χ1n) is 8.81. The van der Waals surface area contributed by atoms with Crippen molar-refractivity contribution in [1.82, 2.24) is 10.4 Å². The Morgan fingerprint density at radius 2 is 1.80 bits per heavy atom. The molecular formula is C17H29N2O6. The molecule has 0 bridgehead atoms. The van der Waals surface area contributed by atoms with Gasteiger partial charge in [-0.15, -0.1) is 0 Å². The number of unbranched alkanes of at least 4 members (excludes halogenated alkanes) is 6. The van der Waals surface area contributed by atoms with Crippen molar-refractivity contribution in [3.05, 3.63) is 0 Å². The van der Waals surface area contributed by atoms with Crippen molar-refractivity contribution in [2.45, 2.75) is 70.8 Å². The van der Waals surface area contributed by atoms with E-state index in [0.717, 1.165) is 51.4 Å². The molecule has 0 aromatic heterocycles. The van der Waals surface area contributed by atoms with E-state index in [1.165, 1.54) is 6.41 Å². The molecule has 0 spiro atoms. The Labute approximate surface area is 149 Å². The summed E-state index contributed by atoms with van der Waals surface area (Å²) in [6, 6.07) is -0.861. The van der Waals surface area contributed by atoms with Crippen LogP contribution in [-0.4, -0.2) is 49.5 Å². The number of ether oxygens (including phenoxy) is 1. The second-order valence-corrected chi connectivity index (χ2v) is 5.66. The topological polar surface area (TPSA) is 102 Å². The van der Waals surface area contributed by atoms with E-state index in [4.69, 9.17) is 0 Å². The third-order valence-corrected chi connectivity index (χ3v) is 3.72. The van der Waals surface area contributed by atoms with Gasteiger partial charge in [0.2, 0.25) is 5.91 Å². The van der Waals surface area contributed by atoms with Gasteiger partial charge in [-0.05, 0) is 25.7 Å². The molecule has 0 aromatic carbocycles. The maximum absolute atomic E-state index is 12.3. The monoisotopic (exact) mass is 357 g/mol. The lowest BCUT2D eigenvalue weighted by Crippen LogP contribution is -2.46. The average Bonchev–Trinajstić information content (AvgIpc) is 2.62. The predicted octanol–water partition coefficient (Wildman–Crippen LogP) is 1.63. The highest BCUT2D eigenvalue weighted by Gasteiger charge is 2.26. The summed E-state index contributed by atoms with van der Waals surface area (Å²) in [6.07, 6.45) is 9.03. The molecule has 0 saturated heterocycles. The van der Waals surface area contributed by atoms with E-state index in [1.54, 1.807) is 0 Å². The molecule has 8 nitrogen and oxygen atoms in total. The van der Waals surface area contributed by atoms with Gasteiger partial charge in [-0.3, -0.25) is 19.2 Å². The fourth-order valence-corrected chi connectivity index (χ4v) is 2.37. The first kappa shape index (κ1) is 22.9. The van der Waals surface area contributed by atoms with Crippen LogP contribution >= 0.6 is 0 Å². The SMILES string of the molecule is CCCCCCC(C(=O)NCCCCCCOC=O)N([C]=O)OC=O. The van der Waals surface area contributed by atoms with E-state index in [2.05, 4.69) is 21.8 Å². The number of nitrogens with one attached hydrogen (secondary N) is 1. The molecular weight excluding hydrogens is 328 g/mol. The molecule has 0 rings (SSSR count). The number of amides is 2. The molecule has 2 amide bonds. The van der Waals surface area contributed by atoms with Crippen LogP contribution in [-0.2, 0) is 28.8 Å². The standard InChI is InChI=1S/C17H29N2O6/c1-2-3-4-7-10-16(19(13-20)25-15-22)17(23)18-11-8-5-6-9-12-24-14-21/h14-16H,2-12H2,1H3,(H,18,23). The third kappa shape index (κ3) is 12.0. The summed E-state index contributed by atoms with van der Waals surface area (Å²) in [7, 11) is 0. The van der Waals surface area contributed by atoms with Gasteiger partial charge in [-0.1, -0.05) is 39.0 Å². The minimum absolute atomic E-state index is 0.110. The van der Waals surface area contributed by atoms with Crippen LogP contribution in [0.15, 0.2) is 0 Å². The Kier molecular flexibility index (Phi) is 15.3. The number of carbonyl (C=O) groups excluding carboxylic acids is 4. The maximum atomic E-state index is 12.3. The van der Waals surface area contributed by atoms with Gasteiger partial charge in [-0.2, -0.15) is 5.06 Å². The lowest BCUT2D eigenvalue weighted by Gasteiger charge is -2.23. The number of rotatable bonds is 18. The number of carbonyl (C=O) groups is 3. The number of hydrogen-bond donors (Lipinski definition) is 1. The van der Waals surface area contributed by atoms with Gasteiger partial charge >= 0.3 is 12.9 Å². The molecule has 143 valence electrons. The summed E-state index contributed by atoms with van der Waals surface area (Å²) >= 11 is 0. The fourth-order valence-electron chi connectivity index (χ4n) is 2.37. The minimum atomic E-state index is -0.861. The zero-order valence-electron chi connectivity index (χ0n) is 14.9. The van der Waals surface area contributed by atoms with Crippen LogP contribution in [0.2, 0.25) is 0 Å². The molecule has 0 aromatic rings. The molecule has 0 aliphatic rings. The van der Waals surface area contributed by atoms with Crippen LogP contribution in [0.4, 0.5) is 0 Å². The fraction of sp³-hybridized carbons (Fsp3) is 0.765. The molecule has 8 heteroatoms. The van der Waals surface area contributed by atoms with Gasteiger partial charge in [0, 0.05) is 6.54 Å². The smallest absolute Gasteiger partial charge is 0.348 e. The lowest BCUT2D eigenvalue weighted by atomic mass is 10.1. The van der Waals surface area contributed by atoms with Gasteiger partial charge in [-0.25, -0.2) is 0 Å². The van der Waals surface area contributed by atoms with Gasteiger partial charge in [0.15, 0.2) is 0 Å². The Balaban J connectivity index is 4.19. The second-order valence-electron chi connectivity index (χ2n) is 5.66. The van der Waals surface area contributed by atoms with Gasteiger partial charge < -0.3 is 14.9 Å². The molecule has 1 unspecified atom stereocenters. The van der Waals surface area contributed by atoms with E-state index in [9.17, 15) is 19.2 Å². The number of nitrogens with zero attached hydrogens (tertiary/aromatic N) is 1. The highest BCUT2D eigenvalue weighted by atomic mass is 16.7. The highest BCUT2D eigenvalue weighted by molar-refractivity contribution is 5.83. The number of hydrogen-bond acceptors (Lipinski definition) is 6. The first-order valence-corrected chi connectivity index (χ1v) is 8.81. The van der Waals surface area contributed by atoms with Crippen molar-refractivity contribution in [3.63, 3.8) is 0 Å². The first-order chi connectivity index (χ1) is 12.2. The Bertz CT molecular complexity index is 378. The summed E-state index contributed by atoms with van der Waals surface area (Å²) < 4.78 is 4.59. The Hall–Kier alpha value is -2.12. The Morgan fingerprint density at radius 3 is 2.44 bits per heavy atom. The van der Waals surface area contributed by atoms with E-state index in [-0.39, 0.29) is 12.4 Å². The van der Waals surface area contributed by atoms with Crippen LogP contribution in [0.3, 0.4) is 0 Å². The quantitative estimate of drug-likeness (QED) is 0.173. The third-order valence-electron chi connectivity index (χ3n) is 3.72. The van der Waals surface area contributed by atoms with E-state index >= 15 is 0 Å². The van der Waals surface area contributed by atoms with Crippen molar-refractivity contribution < 1.29 is 28.8 Å². The van der Waals surface area contributed by atoms with Crippen molar-refractivity contribution >= 4 is 25.3 Å². The zero-order valence-corrected chi connectivity index (χ0v) is 14.9. The molecule has 0 fully saturated rings. The molecule has 0 aliphatic carbocycles. The summed E-state index contributed by atoms with van der Waals surface area (Å²) in [5.41, 5.74) is 0. The molecule has 0 saturated carbocycles. The van der Waals surface area contributed by atoms with Crippen LogP contribution in [0.5, 0.6) is 0 Å². The summed E-state index contributed by atoms with van der Waals surface area (Å²) in [5.74, 6) is -0.356. The molecule has 0 aliphatic heterocycles. The van der Waals surface area contributed by atoms with Crippen LogP contribution in [0.25, 0.3) is 0 Å². The maximum Gasteiger partial charge on any atom is 0.348 e. The molecule has 1 N–H and O–H groups in total. The average molecular weight is 357 g/mol. The molecule has 25 heavy (non-hydrogen) atoms. The summed E-state index contributed by atoms with van der Waals surface area (Å²) in [6.45, 7) is 3.49. The van der Waals surface area contributed by atoms with Crippen molar-refractivity contribution in [3.8, 4) is 0 Å². The van der Waals surface area contributed by atoms with Crippen molar-refractivity contribution in [2.75, 3.05) is 13.2 Å². The molecule has 1 radical (unpaired) electrons. The van der Waals surface area contributed by atoms with E-state index in [1.807, 2.05) is 0 Å². The van der Waals surface area contributed by atoms with Crippen LogP contribution in [0.1, 0.15) is 64.7 Å². The summed E-state index contributed by atoms with van der Waals surface area (Å²) in [4.78, 5) is 48.2. The zero-order chi connectivity index (χ0) is 18.8. The predicted molar refractivity (Wildman–Crippen MR) is 90.7 cm³/mol. The van der Waals surface area contributed by atoms with Gasteiger partial charge in [0.05, 0.1) is 6.61 Å². The van der Waals surface area contributed by atoms with E-state index < -0.39 is 6.04 Å². The number of hydroxylamine groups is 2. The molecule has 0 heterocycles. The minimum Gasteiger partial charge on any atom is -0.468 e. The second kappa shape index (κ2) is 16.7. The van der Waals surface area contributed by atoms with Crippen LogP contribution < -0.4 is 5.32 Å². The van der Waals surface area contributed by atoms with Gasteiger partial charge in [0.25, 0.3) is 6.47 Å². The van der Waals surface area contributed by atoms with Crippen molar-refractivity contribution in [2.24, 2.45) is 0 Å². The van der Waals surface area contributed by atoms with E-state index in [0.29, 0.717) is 31.1 Å². The lowest BCUT2D eigenvalue weighted by molar-refractivity contribution is -0.167. The van der Waals surface area contributed by atoms with Gasteiger partial charge in [0.1, 0.15) is 6.04 Å². The van der Waals surface area contributed by atoms with Crippen LogP contribution in [0, 0.1) is 0 Å². The Morgan fingerprint density at radius 1 is 1.08 bits per heavy atom. The van der Waals surface area contributed by atoms with Crippen molar-refractivity contribution in [1.29, 1.82) is 0 Å². The summed E-state index contributed by atoms with van der Waals surface area (Å²) in [5, 5.41) is 3.40. The normalized spacial score (nSPS) is 11.2. The largest absolute Gasteiger partial charge is 0.468 e. The highest BCUT2D eigenvalue weighted by Crippen LogP contribution is 2.11. The molecule has 1 atom stereocenters.